The fourth-order valence-corrected chi connectivity index (χ4v) is 2.99. The van der Waals surface area contributed by atoms with E-state index in [0.29, 0.717) is 6.04 Å². The lowest BCUT2D eigenvalue weighted by Gasteiger charge is -2.17. The SMILES string of the molecule is CCNC(Cc1cc(C)nn1CC)c1ccsc1. The zero-order chi connectivity index (χ0) is 13.0. The molecule has 1 unspecified atom stereocenters. The molecule has 2 aromatic heterocycles. The highest BCUT2D eigenvalue weighted by Crippen LogP contribution is 2.21. The van der Waals surface area contributed by atoms with Crippen molar-refractivity contribution in [2.75, 3.05) is 6.54 Å². The fourth-order valence-electron chi connectivity index (χ4n) is 2.27. The summed E-state index contributed by atoms with van der Waals surface area (Å²) in [6.45, 7) is 8.28. The number of likely N-dealkylation sites (N-methyl/N-ethyl adjacent to an activating group) is 1. The quantitative estimate of drug-likeness (QED) is 0.867. The van der Waals surface area contributed by atoms with Gasteiger partial charge in [-0.15, -0.1) is 0 Å². The van der Waals surface area contributed by atoms with Crippen LogP contribution < -0.4 is 5.32 Å². The molecule has 2 rings (SSSR count). The first-order chi connectivity index (χ1) is 8.74. The van der Waals surface area contributed by atoms with Crippen LogP contribution in [0, 0.1) is 6.92 Å². The van der Waals surface area contributed by atoms with Crippen LogP contribution in [0.15, 0.2) is 22.9 Å². The van der Waals surface area contributed by atoms with Crippen molar-refractivity contribution in [2.45, 2.75) is 39.8 Å². The molecule has 2 heterocycles. The summed E-state index contributed by atoms with van der Waals surface area (Å²) in [5.74, 6) is 0. The van der Waals surface area contributed by atoms with Gasteiger partial charge in [-0.25, -0.2) is 0 Å². The minimum Gasteiger partial charge on any atom is -0.310 e. The summed E-state index contributed by atoms with van der Waals surface area (Å²) in [7, 11) is 0. The van der Waals surface area contributed by atoms with Gasteiger partial charge in [0.2, 0.25) is 0 Å². The highest BCUT2D eigenvalue weighted by Gasteiger charge is 2.14. The predicted octanol–water partition coefficient (Wildman–Crippen LogP) is 3.17. The number of aryl methyl sites for hydroxylation is 2. The predicted molar refractivity (Wildman–Crippen MR) is 77.1 cm³/mol. The Morgan fingerprint density at radius 3 is 2.89 bits per heavy atom. The molecule has 0 aromatic carbocycles. The summed E-state index contributed by atoms with van der Waals surface area (Å²) in [4.78, 5) is 0. The molecule has 4 heteroatoms. The van der Waals surface area contributed by atoms with Crippen LogP contribution in [0.5, 0.6) is 0 Å². The van der Waals surface area contributed by atoms with E-state index in [0.717, 1.165) is 25.2 Å². The van der Waals surface area contributed by atoms with Crippen LogP contribution in [0.2, 0.25) is 0 Å². The minimum absolute atomic E-state index is 0.391. The number of nitrogens with zero attached hydrogens (tertiary/aromatic N) is 2. The molecule has 0 aliphatic rings. The molecule has 0 saturated heterocycles. The number of rotatable bonds is 6. The van der Waals surface area contributed by atoms with E-state index >= 15 is 0 Å². The molecule has 18 heavy (non-hydrogen) atoms. The molecular weight excluding hydrogens is 242 g/mol. The average Bonchev–Trinajstić information content (AvgIpc) is 2.97. The van der Waals surface area contributed by atoms with Crippen LogP contribution in [0.4, 0.5) is 0 Å². The van der Waals surface area contributed by atoms with Gasteiger partial charge in [-0.05, 0) is 48.8 Å². The van der Waals surface area contributed by atoms with Gasteiger partial charge in [0.05, 0.1) is 5.69 Å². The molecule has 0 amide bonds. The lowest BCUT2D eigenvalue weighted by atomic mass is 10.0. The van der Waals surface area contributed by atoms with Crippen molar-refractivity contribution in [3.05, 3.63) is 39.8 Å². The Balaban J connectivity index is 2.18. The van der Waals surface area contributed by atoms with E-state index in [1.807, 2.05) is 0 Å². The van der Waals surface area contributed by atoms with Crippen LogP contribution >= 0.6 is 11.3 Å². The molecule has 2 aromatic rings. The zero-order valence-electron chi connectivity index (χ0n) is 11.3. The number of nitrogens with one attached hydrogen (secondary N) is 1. The molecule has 1 atom stereocenters. The van der Waals surface area contributed by atoms with Crippen LogP contribution in [0.1, 0.15) is 36.8 Å². The second-order valence-electron chi connectivity index (χ2n) is 4.46. The van der Waals surface area contributed by atoms with E-state index in [1.165, 1.54) is 11.3 Å². The smallest absolute Gasteiger partial charge is 0.0596 e. The summed E-state index contributed by atoms with van der Waals surface area (Å²) in [5.41, 5.74) is 3.79. The topological polar surface area (TPSA) is 29.9 Å². The van der Waals surface area contributed by atoms with Gasteiger partial charge in [-0.3, -0.25) is 4.68 Å². The molecule has 0 spiro atoms. The van der Waals surface area contributed by atoms with Crippen LogP contribution in [0.25, 0.3) is 0 Å². The molecule has 0 bridgehead atoms. The highest BCUT2D eigenvalue weighted by atomic mass is 32.1. The van der Waals surface area contributed by atoms with Gasteiger partial charge >= 0.3 is 0 Å². The Kier molecular flexibility index (Phi) is 4.55. The lowest BCUT2D eigenvalue weighted by Crippen LogP contribution is -2.23. The summed E-state index contributed by atoms with van der Waals surface area (Å²) >= 11 is 1.76. The van der Waals surface area contributed by atoms with Crippen molar-refractivity contribution in [2.24, 2.45) is 0 Å². The molecule has 0 radical (unpaired) electrons. The first-order valence-corrected chi connectivity index (χ1v) is 7.47. The molecule has 0 fully saturated rings. The van der Waals surface area contributed by atoms with E-state index in [9.17, 15) is 0 Å². The van der Waals surface area contributed by atoms with Crippen molar-refractivity contribution in [1.29, 1.82) is 0 Å². The highest BCUT2D eigenvalue weighted by molar-refractivity contribution is 7.07. The molecule has 1 N–H and O–H groups in total. The Bertz CT molecular complexity index is 473. The number of aromatic nitrogens is 2. The maximum Gasteiger partial charge on any atom is 0.0596 e. The van der Waals surface area contributed by atoms with Crippen LogP contribution in [-0.2, 0) is 13.0 Å². The summed E-state index contributed by atoms with van der Waals surface area (Å²) in [5, 5.41) is 12.4. The van der Waals surface area contributed by atoms with Gasteiger partial charge < -0.3 is 5.32 Å². The zero-order valence-corrected chi connectivity index (χ0v) is 12.1. The minimum atomic E-state index is 0.391. The van der Waals surface area contributed by atoms with Crippen molar-refractivity contribution < 1.29 is 0 Å². The van der Waals surface area contributed by atoms with Gasteiger partial charge in [-0.1, -0.05) is 6.92 Å². The monoisotopic (exact) mass is 263 g/mol. The van der Waals surface area contributed by atoms with Crippen molar-refractivity contribution in [3.8, 4) is 0 Å². The molecule has 0 aliphatic carbocycles. The third kappa shape index (κ3) is 3.00. The van der Waals surface area contributed by atoms with Crippen molar-refractivity contribution >= 4 is 11.3 Å². The van der Waals surface area contributed by atoms with E-state index in [4.69, 9.17) is 0 Å². The molecule has 0 aliphatic heterocycles. The van der Waals surface area contributed by atoms with E-state index < -0.39 is 0 Å². The Morgan fingerprint density at radius 2 is 2.28 bits per heavy atom. The number of hydrogen-bond donors (Lipinski definition) is 1. The van der Waals surface area contributed by atoms with Crippen molar-refractivity contribution in [3.63, 3.8) is 0 Å². The van der Waals surface area contributed by atoms with Gasteiger partial charge in [0.15, 0.2) is 0 Å². The van der Waals surface area contributed by atoms with Gasteiger partial charge in [-0.2, -0.15) is 16.4 Å². The first-order valence-electron chi connectivity index (χ1n) is 6.53. The maximum absolute atomic E-state index is 4.52. The average molecular weight is 263 g/mol. The molecule has 98 valence electrons. The maximum atomic E-state index is 4.52. The third-order valence-electron chi connectivity index (χ3n) is 3.09. The molecule has 0 saturated carbocycles. The fraction of sp³-hybridized carbons (Fsp3) is 0.500. The van der Waals surface area contributed by atoms with Gasteiger partial charge in [0, 0.05) is 24.7 Å². The standard InChI is InChI=1S/C14H21N3S/c1-4-15-14(12-6-7-18-10-12)9-13-8-11(3)16-17(13)5-2/h6-8,10,14-15H,4-5,9H2,1-3H3. The molecular formula is C14H21N3S. The van der Waals surface area contributed by atoms with E-state index in [1.54, 1.807) is 11.3 Å². The number of hydrogen-bond acceptors (Lipinski definition) is 3. The Hall–Kier alpha value is -1.13. The van der Waals surface area contributed by atoms with E-state index in [2.05, 4.69) is 58.8 Å². The Morgan fingerprint density at radius 1 is 1.44 bits per heavy atom. The summed E-state index contributed by atoms with van der Waals surface area (Å²) < 4.78 is 2.10. The third-order valence-corrected chi connectivity index (χ3v) is 3.80. The second kappa shape index (κ2) is 6.16. The summed E-state index contributed by atoms with van der Waals surface area (Å²) in [6, 6.07) is 4.79. The van der Waals surface area contributed by atoms with Gasteiger partial charge in [0.1, 0.15) is 0 Å². The van der Waals surface area contributed by atoms with Gasteiger partial charge in [0.25, 0.3) is 0 Å². The summed E-state index contributed by atoms with van der Waals surface area (Å²) in [6.07, 6.45) is 0.999. The Labute approximate surface area is 113 Å². The number of thiophene rings is 1. The van der Waals surface area contributed by atoms with Crippen molar-refractivity contribution in [1.82, 2.24) is 15.1 Å². The van der Waals surface area contributed by atoms with Crippen LogP contribution in [0.3, 0.4) is 0 Å². The van der Waals surface area contributed by atoms with E-state index in [-0.39, 0.29) is 0 Å². The first kappa shape index (κ1) is 13.3. The van der Waals surface area contributed by atoms with Crippen LogP contribution in [-0.4, -0.2) is 16.3 Å². The lowest BCUT2D eigenvalue weighted by molar-refractivity contribution is 0.517. The largest absolute Gasteiger partial charge is 0.310 e. The normalized spacial score (nSPS) is 12.8. The molecule has 3 nitrogen and oxygen atoms in total. The second-order valence-corrected chi connectivity index (χ2v) is 5.24.